The van der Waals surface area contributed by atoms with Gasteiger partial charge in [0, 0.05) is 5.56 Å². The Labute approximate surface area is 135 Å². The minimum Gasteiger partial charge on any atom is -0.493 e. The average molecular weight is 317 g/mol. The monoisotopic (exact) mass is 317 g/mol. The van der Waals surface area contributed by atoms with Crippen LogP contribution in [-0.2, 0) is 0 Å². The van der Waals surface area contributed by atoms with Gasteiger partial charge in [-0.3, -0.25) is 4.79 Å². The van der Waals surface area contributed by atoms with E-state index in [-0.39, 0.29) is 5.69 Å². The molecule has 0 saturated heterocycles. The molecule has 0 atom stereocenters. The molecule has 0 fully saturated rings. The number of methoxy groups -OCH3 is 1. The Kier molecular flexibility index (Phi) is 5.97. The predicted molar refractivity (Wildman–Crippen MR) is 87.8 cm³/mol. The minimum atomic E-state index is -0.479. The maximum absolute atomic E-state index is 13.6. The fourth-order valence-corrected chi connectivity index (χ4v) is 2.01. The summed E-state index contributed by atoms with van der Waals surface area (Å²) >= 11 is 0. The molecule has 1 N–H and O–H groups in total. The van der Waals surface area contributed by atoms with Crippen molar-refractivity contribution in [3.63, 3.8) is 0 Å². The highest BCUT2D eigenvalue weighted by Crippen LogP contribution is 2.28. The van der Waals surface area contributed by atoms with E-state index in [1.54, 1.807) is 30.3 Å². The van der Waals surface area contributed by atoms with Crippen molar-refractivity contribution in [2.24, 2.45) is 0 Å². The Bertz CT molecular complexity index is 673. The van der Waals surface area contributed by atoms with Crippen LogP contribution in [0, 0.1) is 5.82 Å². The Morgan fingerprint density at radius 3 is 2.65 bits per heavy atom. The molecule has 0 radical (unpaired) electrons. The maximum atomic E-state index is 13.6. The molecular weight excluding hydrogens is 297 g/mol. The summed E-state index contributed by atoms with van der Waals surface area (Å²) in [7, 11) is 1.51. The third-order valence-corrected chi connectivity index (χ3v) is 3.30. The molecule has 0 bridgehead atoms. The van der Waals surface area contributed by atoms with Gasteiger partial charge in [-0.25, -0.2) is 4.39 Å². The molecule has 0 aliphatic heterocycles. The molecule has 2 rings (SSSR count). The van der Waals surface area contributed by atoms with Crippen LogP contribution in [0.4, 0.5) is 10.1 Å². The van der Waals surface area contributed by atoms with Gasteiger partial charge in [-0.2, -0.15) is 0 Å². The van der Waals surface area contributed by atoms with E-state index in [1.807, 2.05) is 0 Å². The lowest BCUT2D eigenvalue weighted by Gasteiger charge is -2.12. The standard InChI is InChI=1S/C18H20FNO3/c1-3-4-11-23-16-10-9-13(12-17(16)22-2)18(21)20-15-8-6-5-7-14(15)19/h5-10,12H,3-4,11H2,1-2H3,(H,20,21). The van der Waals surface area contributed by atoms with Gasteiger partial charge >= 0.3 is 0 Å². The predicted octanol–water partition coefficient (Wildman–Crippen LogP) is 4.27. The Balaban J connectivity index is 2.13. The van der Waals surface area contributed by atoms with Crippen molar-refractivity contribution >= 4 is 11.6 Å². The van der Waals surface area contributed by atoms with E-state index in [0.717, 1.165) is 12.8 Å². The highest BCUT2D eigenvalue weighted by Gasteiger charge is 2.13. The van der Waals surface area contributed by atoms with Crippen LogP contribution >= 0.6 is 0 Å². The van der Waals surface area contributed by atoms with E-state index >= 15 is 0 Å². The molecule has 5 heteroatoms. The molecular formula is C18H20FNO3. The maximum Gasteiger partial charge on any atom is 0.255 e. The van der Waals surface area contributed by atoms with Crippen molar-refractivity contribution in [3.05, 3.63) is 53.8 Å². The van der Waals surface area contributed by atoms with E-state index in [2.05, 4.69) is 12.2 Å². The van der Waals surface area contributed by atoms with E-state index in [4.69, 9.17) is 9.47 Å². The zero-order valence-corrected chi connectivity index (χ0v) is 13.3. The Morgan fingerprint density at radius 2 is 1.96 bits per heavy atom. The Morgan fingerprint density at radius 1 is 1.17 bits per heavy atom. The normalized spacial score (nSPS) is 10.2. The number of hydrogen-bond donors (Lipinski definition) is 1. The second-order valence-corrected chi connectivity index (χ2v) is 5.00. The van der Waals surface area contributed by atoms with Crippen molar-refractivity contribution in [2.75, 3.05) is 19.0 Å². The van der Waals surface area contributed by atoms with E-state index in [1.165, 1.54) is 19.2 Å². The fraction of sp³-hybridized carbons (Fsp3) is 0.278. The van der Waals surface area contributed by atoms with Gasteiger partial charge in [0.05, 0.1) is 19.4 Å². The first-order valence-corrected chi connectivity index (χ1v) is 7.52. The quantitative estimate of drug-likeness (QED) is 0.776. The van der Waals surface area contributed by atoms with Gasteiger partial charge in [-0.05, 0) is 36.8 Å². The molecule has 0 aromatic heterocycles. The lowest BCUT2D eigenvalue weighted by Crippen LogP contribution is -2.13. The summed E-state index contributed by atoms with van der Waals surface area (Å²) in [6, 6.07) is 10.9. The van der Waals surface area contributed by atoms with E-state index in [9.17, 15) is 9.18 Å². The summed E-state index contributed by atoms with van der Waals surface area (Å²) in [5.74, 6) is 0.173. The number of rotatable bonds is 7. The third-order valence-electron chi connectivity index (χ3n) is 3.30. The van der Waals surface area contributed by atoms with Gasteiger partial charge in [-0.15, -0.1) is 0 Å². The highest BCUT2D eigenvalue weighted by molar-refractivity contribution is 6.04. The number of hydrogen-bond acceptors (Lipinski definition) is 3. The zero-order chi connectivity index (χ0) is 16.7. The summed E-state index contributed by atoms with van der Waals surface area (Å²) in [4.78, 5) is 12.2. The third kappa shape index (κ3) is 4.45. The average Bonchev–Trinajstić information content (AvgIpc) is 2.57. The van der Waals surface area contributed by atoms with Gasteiger partial charge in [0.1, 0.15) is 5.82 Å². The van der Waals surface area contributed by atoms with Gasteiger partial charge in [-0.1, -0.05) is 25.5 Å². The lowest BCUT2D eigenvalue weighted by molar-refractivity contribution is 0.102. The minimum absolute atomic E-state index is 0.139. The first-order valence-electron chi connectivity index (χ1n) is 7.52. The first kappa shape index (κ1) is 16.8. The molecule has 0 aliphatic carbocycles. The summed E-state index contributed by atoms with van der Waals surface area (Å²) < 4.78 is 24.5. The molecule has 0 saturated carbocycles. The van der Waals surface area contributed by atoms with Gasteiger partial charge in [0.2, 0.25) is 0 Å². The zero-order valence-electron chi connectivity index (χ0n) is 13.3. The van der Waals surface area contributed by atoms with Crippen LogP contribution < -0.4 is 14.8 Å². The smallest absolute Gasteiger partial charge is 0.255 e. The number of anilines is 1. The first-order chi connectivity index (χ1) is 11.2. The molecule has 0 unspecified atom stereocenters. The molecule has 2 aromatic carbocycles. The number of unbranched alkanes of at least 4 members (excludes halogenated alkanes) is 1. The van der Waals surface area contributed by atoms with Crippen LogP contribution in [0.1, 0.15) is 30.1 Å². The van der Waals surface area contributed by atoms with Crippen LogP contribution in [-0.4, -0.2) is 19.6 Å². The number of amides is 1. The van der Waals surface area contributed by atoms with E-state index < -0.39 is 11.7 Å². The fourth-order valence-electron chi connectivity index (χ4n) is 2.01. The second kappa shape index (κ2) is 8.17. The number of nitrogens with one attached hydrogen (secondary N) is 1. The topological polar surface area (TPSA) is 47.6 Å². The van der Waals surface area contributed by atoms with Crippen LogP contribution in [0.3, 0.4) is 0 Å². The number of carbonyl (C=O) groups is 1. The summed E-state index contributed by atoms with van der Waals surface area (Å²) in [6.07, 6.45) is 1.98. The van der Waals surface area contributed by atoms with Gasteiger partial charge in [0.15, 0.2) is 11.5 Å². The molecule has 122 valence electrons. The van der Waals surface area contributed by atoms with Crippen molar-refractivity contribution in [1.82, 2.24) is 0 Å². The van der Waals surface area contributed by atoms with Crippen molar-refractivity contribution in [1.29, 1.82) is 0 Å². The van der Waals surface area contributed by atoms with Crippen molar-refractivity contribution in [2.45, 2.75) is 19.8 Å². The van der Waals surface area contributed by atoms with Gasteiger partial charge in [0.25, 0.3) is 5.91 Å². The summed E-state index contributed by atoms with van der Waals surface area (Å²) in [5, 5.41) is 2.54. The lowest BCUT2D eigenvalue weighted by atomic mass is 10.1. The number of halogens is 1. The van der Waals surface area contributed by atoms with Crippen LogP contribution in [0.5, 0.6) is 11.5 Å². The van der Waals surface area contributed by atoms with Crippen molar-refractivity contribution in [3.8, 4) is 11.5 Å². The molecule has 1 amide bonds. The number of para-hydroxylation sites is 1. The number of carbonyl (C=O) groups excluding carboxylic acids is 1. The molecule has 2 aromatic rings. The molecule has 0 spiro atoms. The van der Waals surface area contributed by atoms with Crippen LogP contribution in [0.2, 0.25) is 0 Å². The van der Waals surface area contributed by atoms with Crippen LogP contribution in [0.25, 0.3) is 0 Å². The van der Waals surface area contributed by atoms with Gasteiger partial charge < -0.3 is 14.8 Å². The molecule has 0 aliphatic rings. The largest absolute Gasteiger partial charge is 0.493 e. The van der Waals surface area contributed by atoms with E-state index in [0.29, 0.717) is 23.7 Å². The highest BCUT2D eigenvalue weighted by atomic mass is 19.1. The van der Waals surface area contributed by atoms with Crippen LogP contribution in [0.15, 0.2) is 42.5 Å². The molecule has 0 heterocycles. The molecule has 4 nitrogen and oxygen atoms in total. The molecule has 23 heavy (non-hydrogen) atoms. The number of benzene rings is 2. The second-order valence-electron chi connectivity index (χ2n) is 5.00. The Hall–Kier alpha value is -2.56. The SMILES string of the molecule is CCCCOc1ccc(C(=O)Nc2ccccc2F)cc1OC. The number of ether oxygens (including phenoxy) is 2. The summed E-state index contributed by atoms with van der Waals surface area (Å²) in [6.45, 7) is 2.67. The van der Waals surface area contributed by atoms with Crippen molar-refractivity contribution < 1.29 is 18.7 Å². The summed E-state index contributed by atoms with van der Waals surface area (Å²) in [5.41, 5.74) is 0.507.